The maximum atomic E-state index is 12.5. The molecule has 0 unspecified atom stereocenters. The molecule has 1 saturated heterocycles. The van der Waals surface area contributed by atoms with Crippen molar-refractivity contribution in [2.75, 3.05) is 32.1 Å². The minimum absolute atomic E-state index is 0.00661. The fourth-order valence-corrected chi connectivity index (χ4v) is 4.62. The van der Waals surface area contributed by atoms with Crippen molar-refractivity contribution in [3.05, 3.63) is 65.5 Å². The molecule has 0 bridgehead atoms. The van der Waals surface area contributed by atoms with Gasteiger partial charge in [0.2, 0.25) is 5.91 Å². The highest BCUT2D eigenvalue weighted by molar-refractivity contribution is 7.14. The van der Waals surface area contributed by atoms with Gasteiger partial charge in [0.1, 0.15) is 5.75 Å². The van der Waals surface area contributed by atoms with Crippen LogP contribution in [-0.4, -0.2) is 42.5 Å². The molecule has 0 radical (unpaired) electrons. The van der Waals surface area contributed by atoms with Crippen LogP contribution in [0.4, 0.5) is 5.13 Å². The number of thiazole rings is 1. The second-order valence-corrected chi connectivity index (χ2v) is 8.58. The number of carbonyl (C=O) groups excluding carboxylic acids is 1. The van der Waals surface area contributed by atoms with Gasteiger partial charge in [-0.25, -0.2) is 4.98 Å². The van der Waals surface area contributed by atoms with E-state index in [9.17, 15) is 4.79 Å². The summed E-state index contributed by atoms with van der Waals surface area (Å²) >= 11 is 1.45. The molecule has 2 aromatic carbocycles. The van der Waals surface area contributed by atoms with E-state index in [0.717, 1.165) is 49.4 Å². The summed E-state index contributed by atoms with van der Waals surface area (Å²) in [6.07, 6.45) is 3.41. The molecule has 2 heterocycles. The van der Waals surface area contributed by atoms with Gasteiger partial charge in [0.15, 0.2) is 5.13 Å². The van der Waals surface area contributed by atoms with Crippen molar-refractivity contribution in [3.63, 3.8) is 0 Å². The van der Waals surface area contributed by atoms with Gasteiger partial charge in [0.05, 0.1) is 19.3 Å². The molecule has 0 spiro atoms. The van der Waals surface area contributed by atoms with Crippen LogP contribution in [0.3, 0.4) is 0 Å². The first-order valence-electron chi connectivity index (χ1n) is 10.4. The van der Waals surface area contributed by atoms with Gasteiger partial charge in [-0.1, -0.05) is 30.3 Å². The number of likely N-dealkylation sites (tertiary alicyclic amines) is 1. The Hall–Kier alpha value is -2.70. The minimum Gasteiger partial charge on any atom is -0.497 e. The van der Waals surface area contributed by atoms with E-state index in [0.29, 0.717) is 17.6 Å². The largest absolute Gasteiger partial charge is 0.497 e. The molecular formula is C24H27N3O2S. The van der Waals surface area contributed by atoms with Gasteiger partial charge in [-0.3, -0.25) is 9.69 Å². The number of rotatable bonds is 7. The molecule has 1 amide bonds. The van der Waals surface area contributed by atoms with Crippen LogP contribution in [0.5, 0.6) is 5.75 Å². The maximum absolute atomic E-state index is 12.5. The molecule has 1 aromatic heterocycles. The van der Waals surface area contributed by atoms with Gasteiger partial charge in [-0.05, 0) is 68.1 Å². The van der Waals surface area contributed by atoms with Crippen LogP contribution < -0.4 is 10.1 Å². The zero-order chi connectivity index (χ0) is 20.8. The van der Waals surface area contributed by atoms with Crippen LogP contribution in [0, 0.1) is 5.92 Å². The Bertz CT molecular complexity index is 948. The Morgan fingerprint density at radius 1 is 1.13 bits per heavy atom. The highest BCUT2D eigenvalue weighted by Gasteiger charge is 2.21. The molecule has 5 nitrogen and oxygen atoms in total. The molecule has 156 valence electrons. The summed E-state index contributed by atoms with van der Waals surface area (Å²) in [5, 5.41) is 5.56. The number of nitrogens with one attached hydrogen (secondary N) is 1. The fraction of sp³-hybridized carbons (Fsp3) is 0.333. The zero-order valence-corrected chi connectivity index (χ0v) is 18.0. The number of amides is 1. The molecule has 0 saturated carbocycles. The Morgan fingerprint density at radius 2 is 1.87 bits per heavy atom. The van der Waals surface area contributed by atoms with E-state index in [1.54, 1.807) is 7.11 Å². The number of hydrogen-bond donors (Lipinski definition) is 1. The molecular weight excluding hydrogens is 394 g/mol. The van der Waals surface area contributed by atoms with Crippen LogP contribution >= 0.6 is 11.3 Å². The van der Waals surface area contributed by atoms with Crippen molar-refractivity contribution in [1.29, 1.82) is 0 Å². The van der Waals surface area contributed by atoms with E-state index in [2.05, 4.69) is 45.5 Å². The lowest BCUT2D eigenvalue weighted by Crippen LogP contribution is -2.39. The minimum atomic E-state index is 0.00661. The fourth-order valence-electron chi connectivity index (χ4n) is 3.88. The first kappa shape index (κ1) is 20.6. The van der Waals surface area contributed by atoms with Crippen LogP contribution in [0.15, 0.2) is 60.0 Å². The summed E-state index contributed by atoms with van der Waals surface area (Å²) in [6.45, 7) is 2.37. The lowest BCUT2D eigenvalue weighted by Gasteiger charge is -2.31. The third-order valence-corrected chi connectivity index (χ3v) is 6.34. The molecule has 0 aliphatic carbocycles. The van der Waals surface area contributed by atoms with Gasteiger partial charge in [-0.15, -0.1) is 11.3 Å². The van der Waals surface area contributed by atoms with Crippen molar-refractivity contribution in [2.45, 2.75) is 19.3 Å². The molecule has 6 heteroatoms. The van der Waals surface area contributed by atoms with E-state index in [1.165, 1.54) is 16.9 Å². The third kappa shape index (κ3) is 5.46. The van der Waals surface area contributed by atoms with Crippen LogP contribution in [0.1, 0.15) is 18.4 Å². The van der Waals surface area contributed by atoms with Gasteiger partial charge in [0.25, 0.3) is 0 Å². The van der Waals surface area contributed by atoms with Crippen LogP contribution in [-0.2, 0) is 11.2 Å². The molecule has 4 rings (SSSR count). The lowest BCUT2D eigenvalue weighted by atomic mass is 9.90. The Labute approximate surface area is 181 Å². The van der Waals surface area contributed by atoms with E-state index in [-0.39, 0.29) is 5.91 Å². The molecule has 0 atom stereocenters. The molecule has 1 aliphatic rings. The average Bonchev–Trinajstić information content (AvgIpc) is 3.24. The normalized spacial score (nSPS) is 15.1. The van der Waals surface area contributed by atoms with Gasteiger partial charge < -0.3 is 10.1 Å². The Morgan fingerprint density at radius 3 is 2.57 bits per heavy atom. The second kappa shape index (κ2) is 9.87. The van der Waals surface area contributed by atoms with E-state index in [4.69, 9.17) is 4.74 Å². The predicted octanol–water partition coefficient (Wildman–Crippen LogP) is 4.71. The number of ether oxygens (including phenoxy) is 1. The summed E-state index contributed by atoms with van der Waals surface area (Å²) in [5.41, 5.74) is 3.28. The summed E-state index contributed by atoms with van der Waals surface area (Å²) < 4.78 is 5.19. The standard InChI is InChI=1S/C24H27N3O2S/c1-29-21-9-7-20(8-10-21)22-17-30-24(25-22)26-23(28)16-27-13-11-19(12-14-27)15-18-5-3-2-4-6-18/h2-10,17,19H,11-16H2,1H3,(H,25,26,28). The summed E-state index contributed by atoms with van der Waals surface area (Å²) in [6, 6.07) is 18.4. The number of aromatic nitrogens is 1. The predicted molar refractivity (Wildman–Crippen MR) is 122 cm³/mol. The summed E-state index contributed by atoms with van der Waals surface area (Å²) in [7, 11) is 1.65. The topological polar surface area (TPSA) is 54.5 Å². The van der Waals surface area contributed by atoms with Crippen molar-refractivity contribution >= 4 is 22.4 Å². The van der Waals surface area contributed by atoms with E-state index in [1.807, 2.05) is 29.6 Å². The number of methoxy groups -OCH3 is 1. The monoisotopic (exact) mass is 421 g/mol. The maximum Gasteiger partial charge on any atom is 0.240 e. The SMILES string of the molecule is COc1ccc(-c2csc(NC(=O)CN3CCC(Cc4ccccc4)CC3)n2)cc1. The number of nitrogens with zero attached hydrogens (tertiary/aromatic N) is 2. The van der Waals surface area contributed by atoms with Crippen molar-refractivity contribution in [3.8, 4) is 17.0 Å². The number of piperidine rings is 1. The third-order valence-electron chi connectivity index (χ3n) is 5.58. The second-order valence-electron chi connectivity index (χ2n) is 7.72. The van der Waals surface area contributed by atoms with Gasteiger partial charge >= 0.3 is 0 Å². The number of carbonyl (C=O) groups is 1. The Balaban J connectivity index is 1.24. The first-order chi connectivity index (χ1) is 14.7. The van der Waals surface area contributed by atoms with Gasteiger partial charge in [-0.2, -0.15) is 0 Å². The number of anilines is 1. The van der Waals surface area contributed by atoms with Crippen molar-refractivity contribution in [1.82, 2.24) is 9.88 Å². The highest BCUT2D eigenvalue weighted by atomic mass is 32.1. The van der Waals surface area contributed by atoms with Crippen molar-refractivity contribution < 1.29 is 9.53 Å². The van der Waals surface area contributed by atoms with Crippen molar-refractivity contribution in [2.24, 2.45) is 5.92 Å². The molecule has 1 aliphatic heterocycles. The summed E-state index contributed by atoms with van der Waals surface area (Å²) in [5.74, 6) is 1.53. The van der Waals surface area contributed by atoms with Gasteiger partial charge in [0, 0.05) is 10.9 Å². The summed E-state index contributed by atoms with van der Waals surface area (Å²) in [4.78, 5) is 19.3. The highest BCUT2D eigenvalue weighted by Crippen LogP contribution is 2.27. The molecule has 1 fully saturated rings. The number of benzene rings is 2. The lowest BCUT2D eigenvalue weighted by molar-refractivity contribution is -0.117. The smallest absolute Gasteiger partial charge is 0.240 e. The molecule has 1 N–H and O–H groups in total. The molecule has 30 heavy (non-hydrogen) atoms. The quantitative estimate of drug-likeness (QED) is 0.600. The van der Waals surface area contributed by atoms with E-state index >= 15 is 0 Å². The Kier molecular flexibility index (Phi) is 6.77. The molecule has 3 aromatic rings. The average molecular weight is 422 g/mol. The first-order valence-corrected chi connectivity index (χ1v) is 11.2. The van der Waals surface area contributed by atoms with Crippen LogP contribution in [0.2, 0.25) is 0 Å². The number of hydrogen-bond acceptors (Lipinski definition) is 5. The van der Waals surface area contributed by atoms with E-state index < -0.39 is 0 Å². The zero-order valence-electron chi connectivity index (χ0n) is 17.2. The van der Waals surface area contributed by atoms with Crippen LogP contribution in [0.25, 0.3) is 11.3 Å².